The van der Waals surface area contributed by atoms with Gasteiger partial charge in [-0.05, 0) is 50.6 Å². The molecule has 0 atom stereocenters. The summed E-state index contributed by atoms with van der Waals surface area (Å²) in [7, 11) is 0. The van der Waals surface area contributed by atoms with E-state index in [9.17, 15) is 9.59 Å². The molecule has 1 amide bonds. The Morgan fingerprint density at radius 1 is 1.00 bits per heavy atom. The zero-order chi connectivity index (χ0) is 19.4. The average Bonchev–Trinajstić information content (AvgIpc) is 2.64. The second-order valence-electron chi connectivity index (χ2n) is 6.30. The molecule has 2 aromatic carbocycles. The molecule has 0 fully saturated rings. The zero-order valence-corrected chi connectivity index (χ0v) is 15.4. The molecule has 0 saturated heterocycles. The Morgan fingerprint density at radius 2 is 1.81 bits per heavy atom. The molecular formula is C21H20N4O2. The molecule has 0 aliphatic heterocycles. The lowest BCUT2D eigenvalue weighted by Gasteiger charge is -2.10. The number of ketones is 1. The second-order valence-corrected chi connectivity index (χ2v) is 6.30. The summed E-state index contributed by atoms with van der Waals surface area (Å²) >= 11 is 0. The van der Waals surface area contributed by atoms with Gasteiger partial charge < -0.3 is 10.6 Å². The van der Waals surface area contributed by atoms with Gasteiger partial charge in [0.2, 0.25) is 5.95 Å². The van der Waals surface area contributed by atoms with Crippen LogP contribution < -0.4 is 10.6 Å². The molecule has 0 bridgehead atoms. The van der Waals surface area contributed by atoms with E-state index in [0.29, 0.717) is 11.3 Å². The van der Waals surface area contributed by atoms with Gasteiger partial charge in [-0.1, -0.05) is 29.8 Å². The first kappa shape index (κ1) is 18.3. The van der Waals surface area contributed by atoms with Crippen LogP contribution in [0.3, 0.4) is 0 Å². The van der Waals surface area contributed by atoms with Crippen LogP contribution in [-0.2, 0) is 0 Å². The minimum absolute atomic E-state index is 0.0267. The van der Waals surface area contributed by atoms with Crippen LogP contribution in [0.4, 0.5) is 17.3 Å². The van der Waals surface area contributed by atoms with Crippen molar-refractivity contribution in [2.24, 2.45) is 0 Å². The third-order valence-electron chi connectivity index (χ3n) is 4.04. The fraction of sp³-hybridized carbons (Fsp3) is 0.143. The molecule has 136 valence electrons. The fourth-order valence-electron chi connectivity index (χ4n) is 2.63. The summed E-state index contributed by atoms with van der Waals surface area (Å²) < 4.78 is 0. The number of aryl methyl sites for hydroxylation is 2. The lowest BCUT2D eigenvalue weighted by molar-refractivity contribution is 0.101. The molecule has 0 saturated carbocycles. The molecule has 0 spiro atoms. The number of nitrogens with zero attached hydrogens (tertiary/aromatic N) is 2. The largest absolute Gasteiger partial charge is 0.324 e. The normalized spacial score (nSPS) is 10.3. The summed E-state index contributed by atoms with van der Waals surface area (Å²) in [6, 6.07) is 14.4. The second kappa shape index (κ2) is 7.78. The van der Waals surface area contributed by atoms with Crippen molar-refractivity contribution >= 4 is 29.0 Å². The van der Waals surface area contributed by atoms with E-state index in [4.69, 9.17) is 0 Å². The van der Waals surface area contributed by atoms with Gasteiger partial charge in [0.1, 0.15) is 5.69 Å². The lowest BCUT2D eigenvalue weighted by Crippen LogP contribution is -2.15. The van der Waals surface area contributed by atoms with Crippen molar-refractivity contribution in [3.63, 3.8) is 0 Å². The van der Waals surface area contributed by atoms with Gasteiger partial charge >= 0.3 is 0 Å². The maximum Gasteiger partial charge on any atom is 0.274 e. The Balaban J connectivity index is 1.77. The maximum absolute atomic E-state index is 12.5. The number of carbonyl (C=O) groups is 2. The predicted octanol–water partition coefficient (Wildman–Crippen LogP) is 4.29. The molecule has 1 aromatic heterocycles. The smallest absolute Gasteiger partial charge is 0.274 e. The number of rotatable bonds is 5. The number of benzene rings is 2. The minimum atomic E-state index is -0.315. The van der Waals surface area contributed by atoms with Crippen LogP contribution in [-0.4, -0.2) is 21.7 Å². The zero-order valence-electron chi connectivity index (χ0n) is 15.4. The Bertz CT molecular complexity index is 1010. The summed E-state index contributed by atoms with van der Waals surface area (Å²) in [5.74, 6) is -0.0602. The molecule has 1 heterocycles. The van der Waals surface area contributed by atoms with Crippen LogP contribution in [0.5, 0.6) is 0 Å². The van der Waals surface area contributed by atoms with E-state index in [1.54, 1.807) is 30.3 Å². The minimum Gasteiger partial charge on any atom is -0.324 e. The van der Waals surface area contributed by atoms with Crippen LogP contribution >= 0.6 is 0 Å². The fourth-order valence-corrected chi connectivity index (χ4v) is 2.63. The van der Waals surface area contributed by atoms with Gasteiger partial charge in [0.25, 0.3) is 5.91 Å². The van der Waals surface area contributed by atoms with E-state index in [1.165, 1.54) is 13.1 Å². The van der Waals surface area contributed by atoms with Crippen molar-refractivity contribution < 1.29 is 9.59 Å². The van der Waals surface area contributed by atoms with Gasteiger partial charge in [0, 0.05) is 23.1 Å². The number of aromatic nitrogens is 2. The van der Waals surface area contributed by atoms with Crippen molar-refractivity contribution in [1.29, 1.82) is 0 Å². The van der Waals surface area contributed by atoms with Crippen molar-refractivity contribution in [1.82, 2.24) is 9.97 Å². The summed E-state index contributed by atoms with van der Waals surface area (Å²) in [6.07, 6.45) is 1.51. The van der Waals surface area contributed by atoms with Gasteiger partial charge in [-0.2, -0.15) is 0 Å². The number of carbonyl (C=O) groups excluding carboxylic acids is 2. The summed E-state index contributed by atoms with van der Waals surface area (Å²) in [5, 5.41) is 5.89. The van der Waals surface area contributed by atoms with Crippen LogP contribution in [0.15, 0.2) is 54.7 Å². The van der Waals surface area contributed by atoms with Gasteiger partial charge in [-0.25, -0.2) is 9.97 Å². The molecule has 6 nitrogen and oxygen atoms in total. The van der Waals surface area contributed by atoms with Crippen molar-refractivity contribution in [3.8, 4) is 0 Å². The predicted molar refractivity (Wildman–Crippen MR) is 106 cm³/mol. The van der Waals surface area contributed by atoms with Crippen LogP contribution in [0.1, 0.15) is 38.9 Å². The Kier molecular flexibility index (Phi) is 5.26. The Labute approximate surface area is 157 Å². The molecule has 27 heavy (non-hydrogen) atoms. The van der Waals surface area contributed by atoms with Crippen LogP contribution in [0, 0.1) is 13.8 Å². The number of amides is 1. The SMILES string of the molecule is CC(=O)c1cccc(Nc2nccc(C(=O)Nc3ccc(C)cc3C)n2)c1. The van der Waals surface area contributed by atoms with Crippen molar-refractivity contribution in [3.05, 3.63) is 77.1 Å². The monoisotopic (exact) mass is 360 g/mol. The third-order valence-corrected chi connectivity index (χ3v) is 4.04. The number of anilines is 3. The van der Waals surface area contributed by atoms with Crippen LogP contribution in [0.25, 0.3) is 0 Å². The van der Waals surface area contributed by atoms with E-state index >= 15 is 0 Å². The standard InChI is InChI=1S/C21H20N4O2/c1-13-7-8-18(14(2)11-13)24-20(27)19-9-10-22-21(25-19)23-17-6-4-5-16(12-17)15(3)26/h4-12H,1-3H3,(H,24,27)(H,22,23,25). The average molecular weight is 360 g/mol. The summed E-state index contributed by atoms with van der Waals surface area (Å²) in [5.41, 5.74) is 4.37. The summed E-state index contributed by atoms with van der Waals surface area (Å²) in [6.45, 7) is 5.45. The van der Waals surface area contributed by atoms with E-state index < -0.39 is 0 Å². The van der Waals surface area contributed by atoms with E-state index in [1.807, 2.05) is 32.0 Å². The molecule has 0 aliphatic rings. The van der Waals surface area contributed by atoms with Crippen molar-refractivity contribution in [2.75, 3.05) is 10.6 Å². The molecular weight excluding hydrogens is 340 g/mol. The molecule has 0 aliphatic carbocycles. The highest BCUT2D eigenvalue weighted by Crippen LogP contribution is 2.18. The lowest BCUT2D eigenvalue weighted by atomic mass is 10.1. The molecule has 2 N–H and O–H groups in total. The van der Waals surface area contributed by atoms with Crippen molar-refractivity contribution in [2.45, 2.75) is 20.8 Å². The molecule has 6 heteroatoms. The first-order valence-electron chi connectivity index (χ1n) is 8.52. The third kappa shape index (κ3) is 4.55. The number of hydrogen-bond donors (Lipinski definition) is 2. The Hall–Kier alpha value is -3.54. The molecule has 0 unspecified atom stereocenters. The van der Waals surface area contributed by atoms with E-state index in [0.717, 1.165) is 16.8 Å². The highest BCUT2D eigenvalue weighted by Gasteiger charge is 2.11. The number of hydrogen-bond acceptors (Lipinski definition) is 5. The number of Topliss-reactive ketones (excluding diaryl/α,β-unsaturated/α-hetero) is 1. The molecule has 3 rings (SSSR count). The topological polar surface area (TPSA) is 84.0 Å². The van der Waals surface area contributed by atoms with Gasteiger partial charge in [-0.15, -0.1) is 0 Å². The van der Waals surface area contributed by atoms with Gasteiger partial charge in [0.05, 0.1) is 0 Å². The highest BCUT2D eigenvalue weighted by atomic mass is 16.2. The first-order valence-corrected chi connectivity index (χ1v) is 8.52. The van der Waals surface area contributed by atoms with E-state index in [2.05, 4.69) is 20.6 Å². The molecule has 3 aromatic rings. The molecule has 0 radical (unpaired) electrons. The summed E-state index contributed by atoms with van der Waals surface area (Å²) in [4.78, 5) is 32.4. The quantitative estimate of drug-likeness (QED) is 0.663. The van der Waals surface area contributed by atoms with Crippen LogP contribution in [0.2, 0.25) is 0 Å². The van der Waals surface area contributed by atoms with Gasteiger partial charge in [0.15, 0.2) is 5.78 Å². The maximum atomic E-state index is 12.5. The Morgan fingerprint density at radius 3 is 2.56 bits per heavy atom. The van der Waals surface area contributed by atoms with E-state index in [-0.39, 0.29) is 23.3 Å². The number of nitrogens with one attached hydrogen (secondary N) is 2. The highest BCUT2D eigenvalue weighted by molar-refractivity contribution is 6.03. The van der Waals surface area contributed by atoms with Gasteiger partial charge in [-0.3, -0.25) is 9.59 Å². The first-order chi connectivity index (χ1) is 12.9.